The molecule has 2 aromatic rings. The summed E-state index contributed by atoms with van der Waals surface area (Å²) in [5, 5.41) is 7.18. The van der Waals surface area contributed by atoms with Gasteiger partial charge < -0.3 is 10.6 Å². The van der Waals surface area contributed by atoms with Gasteiger partial charge in [-0.2, -0.15) is 0 Å². The first-order chi connectivity index (χ1) is 9.70. The minimum absolute atomic E-state index is 0.220. The van der Waals surface area contributed by atoms with Crippen LogP contribution in [0.2, 0.25) is 0 Å². The predicted octanol–water partition coefficient (Wildman–Crippen LogP) is 3.83. The summed E-state index contributed by atoms with van der Waals surface area (Å²) in [5.74, 6) is 0. The van der Waals surface area contributed by atoms with Gasteiger partial charge in [-0.25, -0.2) is 0 Å². The molecule has 104 valence electrons. The van der Waals surface area contributed by atoms with Gasteiger partial charge in [0.25, 0.3) is 0 Å². The van der Waals surface area contributed by atoms with Crippen LogP contribution in [-0.2, 0) is 0 Å². The van der Waals surface area contributed by atoms with E-state index in [1.54, 1.807) is 12.4 Å². The molecule has 0 unspecified atom stereocenters. The van der Waals surface area contributed by atoms with E-state index in [1.165, 1.54) is 11.1 Å². The molecule has 0 spiro atoms. The molecule has 20 heavy (non-hydrogen) atoms. The minimum Gasteiger partial charge on any atom is -0.356 e. The SMILES string of the molecule is CC[C@@H](NC(=S)Nc1ccncc1)c1ccccc1C. The van der Waals surface area contributed by atoms with Crippen molar-refractivity contribution in [2.75, 3.05) is 5.32 Å². The quantitative estimate of drug-likeness (QED) is 0.837. The first-order valence-electron chi connectivity index (χ1n) is 6.73. The Balaban J connectivity index is 2.04. The summed E-state index contributed by atoms with van der Waals surface area (Å²) in [4.78, 5) is 3.99. The average molecular weight is 285 g/mol. The third-order valence-electron chi connectivity index (χ3n) is 3.22. The fourth-order valence-electron chi connectivity index (χ4n) is 2.14. The third kappa shape index (κ3) is 3.78. The van der Waals surface area contributed by atoms with Gasteiger partial charge in [-0.1, -0.05) is 31.2 Å². The Kier molecular flexibility index (Phi) is 5.07. The Morgan fingerprint density at radius 2 is 1.90 bits per heavy atom. The van der Waals surface area contributed by atoms with Crippen LogP contribution in [0.5, 0.6) is 0 Å². The van der Waals surface area contributed by atoms with E-state index in [0.717, 1.165) is 12.1 Å². The molecule has 0 aliphatic heterocycles. The summed E-state index contributed by atoms with van der Waals surface area (Å²) in [6, 6.07) is 12.4. The van der Waals surface area contributed by atoms with Crippen LogP contribution in [0.3, 0.4) is 0 Å². The number of aryl methyl sites for hydroxylation is 1. The second-order valence-electron chi connectivity index (χ2n) is 4.65. The van der Waals surface area contributed by atoms with Crippen LogP contribution in [0.15, 0.2) is 48.8 Å². The number of rotatable bonds is 4. The van der Waals surface area contributed by atoms with Gasteiger partial charge in [0.15, 0.2) is 5.11 Å². The van der Waals surface area contributed by atoms with Crippen LogP contribution in [-0.4, -0.2) is 10.1 Å². The lowest BCUT2D eigenvalue weighted by molar-refractivity contribution is 0.625. The molecule has 0 saturated carbocycles. The summed E-state index contributed by atoms with van der Waals surface area (Å²) in [5.41, 5.74) is 3.50. The monoisotopic (exact) mass is 285 g/mol. The maximum Gasteiger partial charge on any atom is 0.171 e. The lowest BCUT2D eigenvalue weighted by Crippen LogP contribution is -2.32. The van der Waals surface area contributed by atoms with Crippen molar-refractivity contribution in [3.63, 3.8) is 0 Å². The van der Waals surface area contributed by atoms with E-state index in [1.807, 2.05) is 12.1 Å². The van der Waals surface area contributed by atoms with E-state index in [0.29, 0.717) is 5.11 Å². The summed E-state index contributed by atoms with van der Waals surface area (Å²) in [6.45, 7) is 4.28. The van der Waals surface area contributed by atoms with Crippen molar-refractivity contribution in [1.29, 1.82) is 0 Å². The second kappa shape index (κ2) is 7.01. The fourth-order valence-corrected chi connectivity index (χ4v) is 2.40. The molecule has 0 amide bonds. The molecule has 3 nitrogen and oxygen atoms in total. The highest BCUT2D eigenvalue weighted by atomic mass is 32.1. The summed E-state index contributed by atoms with van der Waals surface area (Å²) >= 11 is 5.38. The maximum absolute atomic E-state index is 5.38. The Morgan fingerprint density at radius 1 is 1.20 bits per heavy atom. The molecule has 0 saturated heterocycles. The first-order valence-corrected chi connectivity index (χ1v) is 7.14. The van der Waals surface area contributed by atoms with Crippen molar-refractivity contribution in [1.82, 2.24) is 10.3 Å². The van der Waals surface area contributed by atoms with E-state index in [-0.39, 0.29) is 6.04 Å². The number of nitrogens with one attached hydrogen (secondary N) is 2. The molecule has 0 fully saturated rings. The van der Waals surface area contributed by atoms with E-state index < -0.39 is 0 Å². The third-order valence-corrected chi connectivity index (χ3v) is 3.44. The molecule has 1 aromatic carbocycles. The van der Waals surface area contributed by atoms with Crippen molar-refractivity contribution < 1.29 is 0 Å². The summed E-state index contributed by atoms with van der Waals surface area (Å²) in [6.07, 6.45) is 4.45. The number of hydrogen-bond donors (Lipinski definition) is 2. The molecule has 1 heterocycles. The van der Waals surface area contributed by atoms with Gasteiger partial charge in [0.05, 0.1) is 6.04 Å². The first kappa shape index (κ1) is 14.5. The zero-order valence-electron chi connectivity index (χ0n) is 11.8. The van der Waals surface area contributed by atoms with E-state index in [9.17, 15) is 0 Å². The molecular formula is C16H19N3S. The van der Waals surface area contributed by atoms with Gasteiger partial charge in [-0.15, -0.1) is 0 Å². The average Bonchev–Trinajstić information content (AvgIpc) is 2.46. The lowest BCUT2D eigenvalue weighted by Gasteiger charge is -2.21. The van der Waals surface area contributed by atoms with Gasteiger partial charge in [-0.05, 0) is 48.8 Å². The summed E-state index contributed by atoms with van der Waals surface area (Å²) < 4.78 is 0. The standard InChI is InChI=1S/C16H19N3S/c1-3-15(14-7-5-4-6-12(14)2)19-16(20)18-13-8-10-17-11-9-13/h4-11,15H,3H2,1-2H3,(H2,17,18,19,20)/t15-/m1/s1. The Morgan fingerprint density at radius 3 is 2.55 bits per heavy atom. The van der Waals surface area contributed by atoms with Crippen LogP contribution in [0, 0.1) is 6.92 Å². The van der Waals surface area contributed by atoms with E-state index in [4.69, 9.17) is 12.2 Å². The van der Waals surface area contributed by atoms with Crippen molar-refractivity contribution in [3.8, 4) is 0 Å². The summed E-state index contributed by atoms with van der Waals surface area (Å²) in [7, 11) is 0. The Bertz CT molecular complexity index is 569. The highest BCUT2D eigenvalue weighted by Gasteiger charge is 2.12. The molecule has 2 N–H and O–H groups in total. The van der Waals surface area contributed by atoms with Gasteiger partial charge in [0.2, 0.25) is 0 Å². The van der Waals surface area contributed by atoms with E-state index in [2.05, 4.69) is 53.7 Å². The van der Waals surface area contributed by atoms with Crippen LogP contribution >= 0.6 is 12.2 Å². The molecule has 0 radical (unpaired) electrons. The number of benzene rings is 1. The number of aromatic nitrogens is 1. The predicted molar refractivity (Wildman–Crippen MR) is 87.8 cm³/mol. The lowest BCUT2D eigenvalue weighted by atomic mass is 10.00. The van der Waals surface area contributed by atoms with Crippen molar-refractivity contribution in [2.45, 2.75) is 26.3 Å². The van der Waals surface area contributed by atoms with Gasteiger partial charge in [-0.3, -0.25) is 4.98 Å². The topological polar surface area (TPSA) is 37.0 Å². The molecule has 2 rings (SSSR count). The molecule has 0 aliphatic rings. The number of hydrogen-bond acceptors (Lipinski definition) is 2. The normalized spacial score (nSPS) is 11.7. The zero-order chi connectivity index (χ0) is 14.4. The largest absolute Gasteiger partial charge is 0.356 e. The van der Waals surface area contributed by atoms with Gasteiger partial charge in [0.1, 0.15) is 0 Å². The molecule has 4 heteroatoms. The molecule has 0 bridgehead atoms. The second-order valence-corrected chi connectivity index (χ2v) is 5.06. The minimum atomic E-state index is 0.220. The van der Waals surface area contributed by atoms with Crippen LogP contribution in [0.4, 0.5) is 5.69 Å². The van der Waals surface area contributed by atoms with Crippen LogP contribution < -0.4 is 10.6 Å². The maximum atomic E-state index is 5.38. The molecular weight excluding hydrogens is 266 g/mol. The molecule has 1 atom stereocenters. The van der Waals surface area contributed by atoms with Crippen LogP contribution in [0.1, 0.15) is 30.5 Å². The van der Waals surface area contributed by atoms with E-state index >= 15 is 0 Å². The number of nitrogens with zero attached hydrogens (tertiary/aromatic N) is 1. The van der Waals surface area contributed by atoms with Crippen molar-refractivity contribution >= 4 is 23.0 Å². The van der Waals surface area contributed by atoms with Gasteiger partial charge >= 0.3 is 0 Å². The van der Waals surface area contributed by atoms with Crippen molar-refractivity contribution in [2.24, 2.45) is 0 Å². The highest BCUT2D eigenvalue weighted by molar-refractivity contribution is 7.80. The van der Waals surface area contributed by atoms with Crippen molar-refractivity contribution in [3.05, 3.63) is 59.9 Å². The zero-order valence-corrected chi connectivity index (χ0v) is 12.6. The fraction of sp³-hybridized carbons (Fsp3) is 0.250. The number of thiocarbonyl (C=S) groups is 1. The number of pyridine rings is 1. The smallest absolute Gasteiger partial charge is 0.171 e. The highest BCUT2D eigenvalue weighted by Crippen LogP contribution is 2.20. The van der Waals surface area contributed by atoms with Gasteiger partial charge in [0, 0.05) is 18.1 Å². The molecule has 0 aliphatic carbocycles. The Labute approximate surface area is 125 Å². The van der Waals surface area contributed by atoms with Crippen LogP contribution in [0.25, 0.3) is 0 Å². The molecule has 1 aromatic heterocycles. The Hall–Kier alpha value is -1.94. The number of anilines is 1.